The van der Waals surface area contributed by atoms with Gasteiger partial charge in [0.1, 0.15) is 44.3 Å². The van der Waals surface area contributed by atoms with Gasteiger partial charge in [0.15, 0.2) is 30.6 Å². The van der Waals surface area contributed by atoms with Crippen LogP contribution in [0.2, 0.25) is 0 Å². The van der Waals surface area contributed by atoms with Crippen LogP contribution in [-0.2, 0) is 71.7 Å². The molecule has 32 heteroatoms. The van der Waals surface area contributed by atoms with Crippen molar-refractivity contribution in [3.8, 4) is 79.5 Å². The highest BCUT2D eigenvalue weighted by Gasteiger charge is 2.45. The number of methoxy groups -OCH3 is 6. The van der Waals surface area contributed by atoms with Crippen molar-refractivity contribution in [2.75, 3.05) is 42.7 Å². The Morgan fingerprint density at radius 1 is 0.395 bits per heavy atom. The van der Waals surface area contributed by atoms with Gasteiger partial charge in [-0.3, -0.25) is 0 Å². The number of hydrogen-bond donors (Lipinski definition) is 0. The molecule has 14 aromatic rings. The summed E-state index contributed by atoms with van der Waals surface area (Å²) in [6.07, 6.45) is -5.15. The van der Waals surface area contributed by atoms with E-state index in [4.69, 9.17) is 28.4 Å². The molecule has 114 heavy (non-hydrogen) atoms. The molecule has 0 amide bonds. The van der Waals surface area contributed by atoms with E-state index in [0.29, 0.717) is 104 Å². The normalized spacial score (nSPS) is 11.9. The van der Waals surface area contributed by atoms with Crippen molar-refractivity contribution in [1.29, 1.82) is 0 Å². The lowest BCUT2D eigenvalue weighted by molar-refractivity contribution is -0.604. The predicted octanol–water partition coefficient (Wildman–Crippen LogP) is 14.6. The summed E-state index contributed by atoms with van der Waals surface area (Å²) in [7, 11) is -1.24. The van der Waals surface area contributed by atoms with Crippen molar-refractivity contribution in [1.82, 2.24) is 49.0 Å². The Bertz CT molecular complexity index is 5910. The monoisotopic (exact) mass is 1590 g/mol. The van der Waals surface area contributed by atoms with Crippen LogP contribution in [0, 0.1) is 10.4 Å². The van der Waals surface area contributed by atoms with E-state index < -0.39 is 58.9 Å². The summed E-state index contributed by atoms with van der Waals surface area (Å²) in [5.41, 5.74) is 0.597. The van der Waals surface area contributed by atoms with E-state index in [0.717, 1.165) is 26.3 Å². The number of aromatic nitrogens is 10. The Morgan fingerprint density at radius 2 is 0.737 bits per heavy atom. The van der Waals surface area contributed by atoms with Crippen molar-refractivity contribution in [3.05, 3.63) is 298 Å². The maximum Gasteiger partial charge on any atom is 0.417 e. The van der Waals surface area contributed by atoms with E-state index in [1.807, 2.05) is 0 Å². The number of tetrazole rings is 2. The first-order valence-corrected chi connectivity index (χ1v) is 37.7. The lowest BCUT2D eigenvalue weighted by Crippen LogP contribution is -2.32. The molecule has 0 spiro atoms. The average Bonchev–Trinajstić information content (AvgIpc) is 0.764. The molecule has 0 aliphatic heterocycles. The number of pyridine rings is 2. The topological polar surface area (TPSA) is 271 Å². The minimum Gasteiger partial charge on any atom is -0.619 e. The first kappa shape index (κ1) is 79.1. The number of benzene rings is 10. The van der Waals surface area contributed by atoms with Crippen molar-refractivity contribution in [2.45, 2.75) is 61.4 Å². The Balaban J connectivity index is 0.000000199. The fourth-order valence-corrected chi connectivity index (χ4v) is 16.7. The maximum atomic E-state index is 15.4. The number of alkyl halides is 6. The second-order valence-electron chi connectivity index (χ2n) is 25.9. The molecule has 4 heterocycles. The zero-order valence-electron chi connectivity index (χ0n) is 61.7. The largest absolute Gasteiger partial charge is 0.619 e. The van der Waals surface area contributed by atoms with Crippen molar-refractivity contribution >= 4 is 41.6 Å². The highest BCUT2D eigenvalue weighted by atomic mass is 32.2. The molecule has 0 saturated heterocycles. The van der Waals surface area contributed by atoms with Gasteiger partial charge < -0.3 is 38.8 Å². The molecule has 0 unspecified atom stereocenters. The fourth-order valence-electron chi connectivity index (χ4n) is 13.1. The van der Waals surface area contributed by atoms with E-state index in [1.165, 1.54) is 101 Å². The second kappa shape index (κ2) is 33.5. The van der Waals surface area contributed by atoms with Gasteiger partial charge in [0.2, 0.25) is 25.9 Å². The first-order valence-electron chi connectivity index (χ1n) is 34.8. The quantitative estimate of drug-likeness (QED) is 0.0277. The van der Waals surface area contributed by atoms with Gasteiger partial charge in [-0.1, -0.05) is 109 Å². The van der Waals surface area contributed by atoms with Crippen LogP contribution in [0.25, 0.3) is 66.6 Å². The zero-order valence-corrected chi connectivity index (χ0v) is 63.3. The molecule has 0 N–H and O–H groups in total. The number of ether oxygens (including phenoxy) is 6. The second-order valence-corrected chi connectivity index (χ2v) is 29.6. The van der Waals surface area contributed by atoms with Crippen LogP contribution >= 0.6 is 0 Å². The van der Waals surface area contributed by atoms with E-state index in [2.05, 4.69) is 30.9 Å². The molecule has 584 valence electrons. The molecular weight excluding hydrogens is 1520 g/mol. The molecule has 0 aliphatic rings. The van der Waals surface area contributed by atoms with Gasteiger partial charge in [0, 0.05) is 65.4 Å². The van der Waals surface area contributed by atoms with Gasteiger partial charge in [0.05, 0.1) is 72.4 Å². The molecule has 0 bridgehead atoms. The molecular formula is C82H70F6N12O12S2. The lowest BCUT2D eigenvalue weighted by Gasteiger charge is -2.27. The molecule has 4 aromatic heterocycles. The van der Waals surface area contributed by atoms with Crippen LogP contribution in [0.5, 0.6) is 34.5 Å². The summed E-state index contributed by atoms with van der Waals surface area (Å²) >= 11 is 0. The van der Waals surface area contributed by atoms with E-state index >= 15 is 43.2 Å². The van der Waals surface area contributed by atoms with Crippen LogP contribution < -0.4 is 37.9 Å². The van der Waals surface area contributed by atoms with E-state index in [9.17, 15) is 10.4 Å². The van der Waals surface area contributed by atoms with Crippen molar-refractivity contribution in [3.63, 3.8) is 0 Å². The number of nitrogens with zero attached hydrogens (tertiary/aromatic N) is 12. The molecule has 0 aliphatic carbocycles. The lowest BCUT2D eigenvalue weighted by atomic mass is 9.93. The van der Waals surface area contributed by atoms with Gasteiger partial charge in [-0.2, -0.15) is 49.2 Å². The smallest absolute Gasteiger partial charge is 0.417 e. The van der Waals surface area contributed by atoms with Gasteiger partial charge in [-0.25, -0.2) is 21.5 Å². The van der Waals surface area contributed by atoms with Crippen LogP contribution in [0.1, 0.15) is 44.5 Å². The van der Waals surface area contributed by atoms with Crippen LogP contribution in [0.15, 0.2) is 253 Å². The third-order valence-electron chi connectivity index (χ3n) is 18.8. The Morgan fingerprint density at radius 3 is 1.10 bits per heavy atom. The number of halogens is 6. The van der Waals surface area contributed by atoms with Gasteiger partial charge in [-0.15, -0.1) is 15.3 Å². The van der Waals surface area contributed by atoms with Gasteiger partial charge in [0.25, 0.3) is 0 Å². The summed E-state index contributed by atoms with van der Waals surface area (Å²) in [6.45, 7) is -1.22. The summed E-state index contributed by atoms with van der Waals surface area (Å²) in [4.78, 5) is -0.912. The minimum absolute atomic E-state index is 0.0331. The molecule has 10 aromatic carbocycles. The third-order valence-corrected chi connectivity index (χ3v) is 22.5. The molecule has 14 rings (SSSR count). The summed E-state index contributed by atoms with van der Waals surface area (Å²) in [5, 5.41) is 51.5. The van der Waals surface area contributed by atoms with Gasteiger partial charge >= 0.3 is 12.4 Å². The average molecular weight is 1590 g/mol. The van der Waals surface area contributed by atoms with E-state index in [-0.39, 0.29) is 67.6 Å². The highest BCUT2D eigenvalue weighted by Crippen LogP contribution is 2.49. The molecule has 0 radical (unpaired) electrons. The Hall–Kier alpha value is -13.0. The standard InChI is InChI=1S/2C41H35F3N6O6S/c1-54-31-13-7-27(8-14-31)23-49(24-28-9-15-32(55-2)16-10-28)57(52,53)39-37(41(42,43)44)20-19-36(35-6-4-5-30-26-48(51)22-21-34(30)35)38(39)40-45-46-47-50(40)25-29-11-17-33(56-3)18-12-29;1-54-31-13-7-27(8-14-31)23-49(24-28-9-15-32(55-2)16-10-28)57(52,53)39-37(41(42,43)44)20-19-36(35-6-4-5-30-26-48(51)22-21-34(30)35)38(39)40-45-47-50(46-40)25-29-11-17-33(56-3)18-12-29/h2*4-22,26H,23-25H2,1-3H3. The number of fused-ring (bicyclic) bond motifs is 2. The van der Waals surface area contributed by atoms with Crippen molar-refractivity contribution in [2.24, 2.45) is 0 Å². The molecule has 0 saturated carbocycles. The maximum absolute atomic E-state index is 15.4. The summed E-state index contributed by atoms with van der Waals surface area (Å²) in [5.74, 6) is 2.65. The molecule has 0 fully saturated rings. The van der Waals surface area contributed by atoms with Gasteiger partial charge in [-0.05, 0) is 168 Å². The number of sulfonamides is 2. The Kier molecular flexibility index (Phi) is 23.2. The third kappa shape index (κ3) is 17.3. The minimum atomic E-state index is -5.15. The molecule has 24 nitrogen and oxygen atoms in total. The number of hydrogen-bond acceptors (Lipinski definition) is 18. The fraction of sp³-hybridized carbons (Fsp3) is 0.171. The predicted molar refractivity (Wildman–Crippen MR) is 409 cm³/mol. The number of rotatable bonds is 26. The van der Waals surface area contributed by atoms with Crippen molar-refractivity contribution < 1.29 is 81.1 Å². The highest BCUT2D eigenvalue weighted by molar-refractivity contribution is 7.89. The summed E-state index contributed by atoms with van der Waals surface area (Å²) < 4.78 is 190. The SMILES string of the molecule is COc1ccc(CN(Cc2ccc(OC)cc2)S(=O)(=O)c2c(C(F)(F)F)ccc(-c3cccc4c[n+]([O-])ccc34)c2-c2nnn(Cc3ccc(OC)cc3)n2)cc1.COc1ccc(CN(Cc2ccc(OC)cc2)S(=O)(=O)c2c(C(F)(F)F)ccc(-c3cccc4c[n+]([O-])ccc34)c2-c2nnnn2Cc2ccc(OC)cc2)cc1. The zero-order chi connectivity index (χ0) is 80.6. The first-order chi connectivity index (χ1) is 54.8. The molecule has 0 atom stereocenters. The summed E-state index contributed by atoms with van der Waals surface area (Å²) in [6, 6.07) is 57.0. The van der Waals surface area contributed by atoms with E-state index in [1.54, 1.807) is 182 Å². The van der Waals surface area contributed by atoms with Crippen LogP contribution in [-0.4, -0.2) is 109 Å². The Labute approximate surface area is 650 Å². The van der Waals surface area contributed by atoms with Crippen LogP contribution in [0.4, 0.5) is 26.3 Å². The van der Waals surface area contributed by atoms with Crippen LogP contribution in [0.3, 0.4) is 0 Å².